The van der Waals surface area contributed by atoms with Crippen LogP contribution in [0.25, 0.3) is 10.6 Å². The summed E-state index contributed by atoms with van der Waals surface area (Å²) in [6.07, 6.45) is 4.25. The molecule has 7 nitrogen and oxygen atoms in total. The van der Waals surface area contributed by atoms with Gasteiger partial charge in [-0.1, -0.05) is 17.8 Å². The van der Waals surface area contributed by atoms with Crippen LogP contribution in [-0.2, 0) is 4.79 Å². The largest absolute Gasteiger partial charge is 0.454 e. The van der Waals surface area contributed by atoms with Crippen molar-refractivity contribution in [1.82, 2.24) is 15.1 Å². The van der Waals surface area contributed by atoms with Gasteiger partial charge >= 0.3 is 0 Å². The highest BCUT2D eigenvalue weighted by molar-refractivity contribution is 7.18. The summed E-state index contributed by atoms with van der Waals surface area (Å²) < 4.78 is 10.7. The standard InChI is InChI=1S/C17H20N4O3S.ClH/c22-15(6-9-21-7-2-1-3-8-21)18-17-20-19-16(25-17)12-4-5-13-14(10-12)24-11-23-13;/h4-5,10H,1-3,6-9,11H2,(H,18,20,22);1H. The fraction of sp³-hybridized carbons (Fsp3) is 0.471. The molecule has 3 heterocycles. The molecule has 1 fully saturated rings. The maximum atomic E-state index is 12.1. The Morgan fingerprint density at radius 2 is 1.96 bits per heavy atom. The second-order valence-electron chi connectivity index (χ2n) is 6.18. The number of fused-ring (bicyclic) bond motifs is 1. The van der Waals surface area contributed by atoms with Crippen molar-refractivity contribution in [2.45, 2.75) is 25.7 Å². The second-order valence-corrected chi connectivity index (χ2v) is 7.16. The second kappa shape index (κ2) is 8.66. The van der Waals surface area contributed by atoms with Crippen molar-refractivity contribution in [3.8, 4) is 22.1 Å². The topological polar surface area (TPSA) is 76.6 Å². The number of benzene rings is 1. The lowest BCUT2D eigenvalue weighted by atomic mass is 10.1. The number of hydrogen-bond donors (Lipinski definition) is 1. The highest BCUT2D eigenvalue weighted by Crippen LogP contribution is 2.37. The summed E-state index contributed by atoms with van der Waals surface area (Å²) in [6.45, 7) is 3.24. The molecule has 140 valence electrons. The molecule has 26 heavy (non-hydrogen) atoms. The monoisotopic (exact) mass is 396 g/mol. The van der Waals surface area contributed by atoms with Gasteiger partial charge in [0.2, 0.25) is 17.8 Å². The molecule has 0 saturated carbocycles. The highest BCUT2D eigenvalue weighted by atomic mass is 35.5. The zero-order chi connectivity index (χ0) is 17.1. The molecule has 1 amide bonds. The van der Waals surface area contributed by atoms with Gasteiger partial charge < -0.3 is 19.7 Å². The number of amides is 1. The number of carbonyl (C=O) groups is 1. The van der Waals surface area contributed by atoms with E-state index < -0.39 is 0 Å². The third-order valence-corrected chi connectivity index (χ3v) is 5.28. The minimum Gasteiger partial charge on any atom is -0.454 e. The van der Waals surface area contributed by atoms with Gasteiger partial charge in [-0.3, -0.25) is 4.79 Å². The highest BCUT2D eigenvalue weighted by Gasteiger charge is 2.17. The van der Waals surface area contributed by atoms with Crippen molar-refractivity contribution in [1.29, 1.82) is 0 Å². The molecular weight excluding hydrogens is 376 g/mol. The van der Waals surface area contributed by atoms with Gasteiger partial charge in [-0.15, -0.1) is 22.6 Å². The SMILES string of the molecule is Cl.O=C(CCN1CCCCC1)Nc1nnc(-c2ccc3c(c2)OCO3)s1. The minimum absolute atomic E-state index is 0. The number of rotatable bonds is 5. The van der Waals surface area contributed by atoms with Crippen LogP contribution >= 0.6 is 23.7 Å². The van der Waals surface area contributed by atoms with Crippen LogP contribution in [-0.4, -0.2) is 47.4 Å². The van der Waals surface area contributed by atoms with Crippen LogP contribution in [0.3, 0.4) is 0 Å². The molecule has 0 bridgehead atoms. The van der Waals surface area contributed by atoms with E-state index in [1.165, 1.54) is 30.6 Å². The van der Waals surface area contributed by atoms with Gasteiger partial charge in [0.05, 0.1) is 0 Å². The van der Waals surface area contributed by atoms with Crippen molar-refractivity contribution in [2.75, 3.05) is 31.7 Å². The van der Waals surface area contributed by atoms with Crippen LogP contribution in [0.4, 0.5) is 5.13 Å². The van der Waals surface area contributed by atoms with E-state index in [-0.39, 0.29) is 25.1 Å². The van der Waals surface area contributed by atoms with Crippen molar-refractivity contribution in [3.63, 3.8) is 0 Å². The third-order valence-electron chi connectivity index (χ3n) is 4.39. The zero-order valence-electron chi connectivity index (χ0n) is 14.3. The van der Waals surface area contributed by atoms with Gasteiger partial charge in [-0.05, 0) is 44.1 Å². The molecule has 1 N–H and O–H groups in total. The van der Waals surface area contributed by atoms with Crippen molar-refractivity contribution < 1.29 is 14.3 Å². The Bertz CT molecular complexity index is 764. The quantitative estimate of drug-likeness (QED) is 0.836. The van der Waals surface area contributed by atoms with Gasteiger partial charge in [-0.25, -0.2) is 0 Å². The fourth-order valence-electron chi connectivity index (χ4n) is 3.04. The summed E-state index contributed by atoms with van der Waals surface area (Å²) in [7, 11) is 0. The maximum absolute atomic E-state index is 12.1. The molecule has 2 aliphatic heterocycles. The first kappa shape index (κ1) is 18.9. The van der Waals surface area contributed by atoms with E-state index in [1.54, 1.807) is 0 Å². The normalized spacial score (nSPS) is 16.2. The van der Waals surface area contributed by atoms with Gasteiger partial charge in [0, 0.05) is 18.5 Å². The van der Waals surface area contributed by atoms with Crippen LogP contribution in [0.2, 0.25) is 0 Å². The molecule has 0 atom stereocenters. The lowest BCUT2D eigenvalue weighted by molar-refractivity contribution is -0.116. The molecule has 2 aliphatic rings. The molecule has 0 unspecified atom stereocenters. The molecule has 1 aromatic carbocycles. The predicted molar refractivity (Wildman–Crippen MR) is 102 cm³/mol. The summed E-state index contributed by atoms with van der Waals surface area (Å²) in [5, 5.41) is 12.3. The van der Waals surface area contributed by atoms with Crippen LogP contribution in [0.5, 0.6) is 11.5 Å². The summed E-state index contributed by atoms with van der Waals surface area (Å²) in [4.78, 5) is 14.5. The average molecular weight is 397 g/mol. The van der Waals surface area contributed by atoms with Gasteiger partial charge in [-0.2, -0.15) is 0 Å². The Kier molecular flexibility index (Phi) is 6.29. The zero-order valence-corrected chi connectivity index (χ0v) is 15.9. The van der Waals surface area contributed by atoms with E-state index in [1.807, 2.05) is 18.2 Å². The average Bonchev–Trinajstić information content (AvgIpc) is 3.29. The number of aromatic nitrogens is 2. The Morgan fingerprint density at radius 3 is 2.81 bits per heavy atom. The van der Waals surface area contributed by atoms with E-state index in [0.717, 1.165) is 36.0 Å². The molecule has 9 heteroatoms. The summed E-state index contributed by atoms with van der Waals surface area (Å²) in [5.41, 5.74) is 0.899. The maximum Gasteiger partial charge on any atom is 0.231 e. The lowest BCUT2D eigenvalue weighted by Gasteiger charge is -2.25. The molecule has 4 rings (SSSR count). The summed E-state index contributed by atoms with van der Waals surface area (Å²) in [5.74, 6) is 1.43. The molecule has 0 aliphatic carbocycles. The molecular formula is C17H21ClN4O3S. The van der Waals surface area contributed by atoms with E-state index in [9.17, 15) is 4.79 Å². The Labute approximate surface area is 162 Å². The Hall–Kier alpha value is -1.90. The van der Waals surface area contributed by atoms with Crippen molar-refractivity contribution >= 4 is 34.8 Å². The smallest absolute Gasteiger partial charge is 0.231 e. The Morgan fingerprint density at radius 1 is 1.15 bits per heavy atom. The van der Waals surface area contributed by atoms with E-state index in [2.05, 4.69) is 20.4 Å². The number of halogens is 1. The van der Waals surface area contributed by atoms with Crippen LogP contribution < -0.4 is 14.8 Å². The molecule has 0 radical (unpaired) electrons. The first-order chi connectivity index (χ1) is 12.3. The van der Waals surface area contributed by atoms with Crippen LogP contribution in [0.1, 0.15) is 25.7 Å². The predicted octanol–water partition coefficient (Wildman–Crippen LogP) is 3.17. The number of piperidine rings is 1. The Balaban J connectivity index is 0.00000196. The van der Waals surface area contributed by atoms with Crippen molar-refractivity contribution in [3.05, 3.63) is 18.2 Å². The minimum atomic E-state index is -0.0149. The lowest BCUT2D eigenvalue weighted by Crippen LogP contribution is -2.32. The van der Waals surface area contributed by atoms with Crippen LogP contribution in [0.15, 0.2) is 18.2 Å². The van der Waals surface area contributed by atoms with Gasteiger partial charge in [0.15, 0.2) is 11.5 Å². The van der Waals surface area contributed by atoms with Crippen molar-refractivity contribution in [2.24, 2.45) is 0 Å². The molecule has 1 saturated heterocycles. The first-order valence-corrected chi connectivity index (χ1v) is 9.35. The summed E-state index contributed by atoms with van der Waals surface area (Å²) >= 11 is 1.36. The van der Waals surface area contributed by atoms with E-state index >= 15 is 0 Å². The molecule has 1 aromatic heterocycles. The number of ether oxygens (including phenoxy) is 2. The molecule has 0 spiro atoms. The first-order valence-electron chi connectivity index (χ1n) is 8.54. The van der Waals surface area contributed by atoms with E-state index in [0.29, 0.717) is 17.3 Å². The van der Waals surface area contributed by atoms with Gasteiger partial charge in [0.1, 0.15) is 5.01 Å². The molecule has 2 aromatic rings. The number of anilines is 1. The van der Waals surface area contributed by atoms with Crippen LogP contribution in [0, 0.1) is 0 Å². The number of likely N-dealkylation sites (tertiary alicyclic amines) is 1. The number of carbonyl (C=O) groups excluding carboxylic acids is 1. The number of nitrogens with zero attached hydrogens (tertiary/aromatic N) is 3. The van der Waals surface area contributed by atoms with E-state index in [4.69, 9.17) is 9.47 Å². The van der Waals surface area contributed by atoms with Gasteiger partial charge in [0.25, 0.3) is 0 Å². The summed E-state index contributed by atoms with van der Waals surface area (Å²) in [6, 6.07) is 5.65. The number of nitrogens with one attached hydrogen (secondary N) is 1. The fourth-order valence-corrected chi connectivity index (χ4v) is 3.80. The third kappa shape index (κ3) is 4.44. The number of hydrogen-bond acceptors (Lipinski definition) is 7.